The number of carboxylic acids is 1. The van der Waals surface area contributed by atoms with Gasteiger partial charge in [0.25, 0.3) is 0 Å². The van der Waals surface area contributed by atoms with E-state index in [9.17, 15) is 19.1 Å². The summed E-state index contributed by atoms with van der Waals surface area (Å²) in [5.41, 5.74) is 1.54. The van der Waals surface area contributed by atoms with E-state index in [1.54, 1.807) is 12.1 Å². The van der Waals surface area contributed by atoms with Crippen LogP contribution in [-0.2, 0) is 28.9 Å². The number of ketones is 1. The lowest BCUT2D eigenvalue weighted by Crippen LogP contribution is -2.35. The van der Waals surface area contributed by atoms with E-state index in [2.05, 4.69) is 4.98 Å². The first-order valence-corrected chi connectivity index (χ1v) is 9.64. The van der Waals surface area contributed by atoms with Crippen LogP contribution in [0.5, 0.6) is 0 Å². The molecule has 0 fully saturated rings. The highest BCUT2D eigenvalue weighted by atomic mass is 32.1. The second-order valence-electron chi connectivity index (χ2n) is 7.09. The first kappa shape index (κ1) is 17.8. The first-order chi connectivity index (χ1) is 13.0. The number of carbonyl (C=O) groups is 2. The average molecular weight is 383 g/mol. The van der Waals surface area contributed by atoms with Gasteiger partial charge in [-0.3, -0.25) is 9.59 Å². The largest absolute Gasteiger partial charge is 0.481 e. The lowest BCUT2D eigenvalue weighted by Gasteiger charge is -2.25. The van der Waals surface area contributed by atoms with Gasteiger partial charge in [0.1, 0.15) is 17.1 Å². The third-order valence-electron chi connectivity index (χ3n) is 5.24. The fourth-order valence-corrected chi connectivity index (χ4v) is 4.94. The number of halogens is 1. The van der Waals surface area contributed by atoms with Crippen LogP contribution in [0.25, 0.3) is 10.2 Å². The minimum absolute atomic E-state index is 0.0548. The summed E-state index contributed by atoms with van der Waals surface area (Å²) in [6.45, 7) is 0. The van der Waals surface area contributed by atoms with E-state index in [1.807, 2.05) is 24.3 Å². The van der Waals surface area contributed by atoms with Gasteiger partial charge in [0, 0.05) is 18.3 Å². The van der Waals surface area contributed by atoms with Gasteiger partial charge in [-0.1, -0.05) is 30.3 Å². The minimum atomic E-state index is -0.960. The van der Waals surface area contributed by atoms with Crippen molar-refractivity contribution >= 4 is 33.3 Å². The lowest BCUT2D eigenvalue weighted by molar-refractivity contribution is -0.144. The highest BCUT2D eigenvalue weighted by molar-refractivity contribution is 7.18. The number of rotatable bonds is 6. The van der Waals surface area contributed by atoms with Gasteiger partial charge >= 0.3 is 5.97 Å². The van der Waals surface area contributed by atoms with E-state index in [-0.39, 0.29) is 24.4 Å². The molecule has 6 heteroatoms. The molecule has 1 N–H and O–H groups in total. The van der Waals surface area contributed by atoms with Crippen LogP contribution >= 0.6 is 11.3 Å². The number of hydrogen-bond acceptors (Lipinski definition) is 4. The fraction of sp³-hybridized carbons (Fsp3) is 0.286. The molecule has 1 aromatic heterocycles. The summed E-state index contributed by atoms with van der Waals surface area (Å²) in [5, 5.41) is 10.1. The number of aromatic nitrogens is 1. The van der Waals surface area contributed by atoms with Crippen molar-refractivity contribution in [3.63, 3.8) is 0 Å². The number of hydrogen-bond donors (Lipinski definition) is 1. The SMILES string of the molecule is O=C(O)CC1(C(=O)CCc2nc3c(F)cccc3s2)Cc2ccccc2C1. The predicted octanol–water partition coefficient (Wildman–Crippen LogP) is 4.20. The highest BCUT2D eigenvalue weighted by Gasteiger charge is 2.44. The zero-order valence-electron chi connectivity index (χ0n) is 14.6. The summed E-state index contributed by atoms with van der Waals surface area (Å²) in [4.78, 5) is 28.8. The molecule has 138 valence electrons. The maximum atomic E-state index is 13.8. The van der Waals surface area contributed by atoms with Crippen LogP contribution < -0.4 is 0 Å². The van der Waals surface area contributed by atoms with Gasteiger partial charge in [-0.2, -0.15) is 0 Å². The van der Waals surface area contributed by atoms with Gasteiger partial charge in [-0.25, -0.2) is 9.37 Å². The van der Waals surface area contributed by atoms with Gasteiger partial charge in [0.2, 0.25) is 0 Å². The first-order valence-electron chi connectivity index (χ1n) is 8.83. The molecule has 0 unspecified atom stereocenters. The Kier molecular flexibility index (Phi) is 4.52. The van der Waals surface area contributed by atoms with Gasteiger partial charge in [0.15, 0.2) is 0 Å². The average Bonchev–Trinajstić information content (AvgIpc) is 3.21. The van der Waals surface area contributed by atoms with Gasteiger partial charge < -0.3 is 5.11 Å². The second-order valence-corrected chi connectivity index (χ2v) is 8.21. The van der Waals surface area contributed by atoms with Crippen molar-refractivity contribution in [3.05, 3.63) is 64.4 Å². The standard InChI is InChI=1S/C21H18FNO3S/c22-15-6-3-7-16-20(15)23-18(27-16)9-8-17(24)21(12-19(25)26)10-13-4-1-2-5-14(13)11-21/h1-7H,8-12H2,(H,25,26). The number of aryl methyl sites for hydroxylation is 1. The highest BCUT2D eigenvalue weighted by Crippen LogP contribution is 2.41. The van der Waals surface area contributed by atoms with Crippen molar-refractivity contribution in [2.24, 2.45) is 5.41 Å². The van der Waals surface area contributed by atoms with Crippen molar-refractivity contribution in [1.29, 1.82) is 0 Å². The summed E-state index contributed by atoms with van der Waals surface area (Å²) in [6, 6.07) is 12.6. The molecule has 1 aliphatic carbocycles. The smallest absolute Gasteiger partial charge is 0.304 e. The Bertz CT molecular complexity index is 1020. The summed E-state index contributed by atoms with van der Waals surface area (Å²) in [6.07, 6.45) is 1.36. The molecule has 1 heterocycles. The molecule has 0 aliphatic heterocycles. The molecule has 0 atom stereocenters. The van der Waals surface area contributed by atoms with E-state index in [1.165, 1.54) is 17.4 Å². The number of benzene rings is 2. The predicted molar refractivity (Wildman–Crippen MR) is 101 cm³/mol. The zero-order chi connectivity index (χ0) is 19.0. The molecule has 0 amide bonds. The third-order valence-corrected chi connectivity index (χ3v) is 6.32. The molecule has 1 aliphatic rings. The van der Waals surface area contributed by atoms with Crippen molar-refractivity contribution < 1.29 is 19.1 Å². The lowest BCUT2D eigenvalue weighted by atomic mass is 9.76. The molecule has 0 spiro atoms. The van der Waals surface area contributed by atoms with Crippen LogP contribution in [0.2, 0.25) is 0 Å². The van der Waals surface area contributed by atoms with Crippen LogP contribution in [0.3, 0.4) is 0 Å². The molecule has 27 heavy (non-hydrogen) atoms. The summed E-state index contributed by atoms with van der Waals surface area (Å²) < 4.78 is 14.6. The number of carboxylic acid groups (broad SMARTS) is 1. The molecular weight excluding hydrogens is 365 g/mol. The van der Waals surface area contributed by atoms with Crippen molar-refractivity contribution in [3.8, 4) is 0 Å². The second kappa shape index (κ2) is 6.85. The van der Waals surface area contributed by atoms with Gasteiger partial charge in [-0.15, -0.1) is 11.3 Å². The quantitative estimate of drug-likeness (QED) is 0.693. The Morgan fingerprint density at radius 1 is 1.11 bits per heavy atom. The molecule has 0 bridgehead atoms. The van der Waals surface area contributed by atoms with E-state index in [0.29, 0.717) is 29.8 Å². The molecule has 2 aromatic carbocycles. The molecule has 0 saturated carbocycles. The maximum Gasteiger partial charge on any atom is 0.304 e. The zero-order valence-corrected chi connectivity index (χ0v) is 15.4. The number of fused-ring (bicyclic) bond motifs is 2. The van der Waals surface area contributed by atoms with Gasteiger partial charge in [0.05, 0.1) is 16.1 Å². The number of nitrogens with zero attached hydrogens (tertiary/aromatic N) is 1. The monoisotopic (exact) mass is 383 g/mol. The number of Topliss-reactive ketones (excluding diaryl/α,β-unsaturated/α-hetero) is 1. The number of thiazole rings is 1. The van der Waals surface area contributed by atoms with E-state index < -0.39 is 11.4 Å². The Morgan fingerprint density at radius 3 is 2.44 bits per heavy atom. The van der Waals surface area contributed by atoms with Crippen molar-refractivity contribution in [1.82, 2.24) is 4.98 Å². The molecule has 3 aromatic rings. The van der Waals surface area contributed by atoms with E-state index >= 15 is 0 Å². The topological polar surface area (TPSA) is 67.3 Å². The third kappa shape index (κ3) is 3.37. The van der Waals surface area contributed by atoms with E-state index in [0.717, 1.165) is 15.8 Å². The Balaban J connectivity index is 1.54. The summed E-state index contributed by atoms with van der Waals surface area (Å²) >= 11 is 1.38. The van der Waals surface area contributed by atoms with Gasteiger partial charge in [-0.05, 0) is 36.1 Å². The van der Waals surface area contributed by atoms with E-state index in [4.69, 9.17) is 0 Å². The molecular formula is C21H18FNO3S. The molecule has 4 nitrogen and oxygen atoms in total. The molecule has 0 radical (unpaired) electrons. The normalized spacial score (nSPS) is 15.0. The number of carbonyl (C=O) groups excluding carboxylic acids is 1. The van der Waals surface area contributed by atoms with Crippen LogP contribution in [0.15, 0.2) is 42.5 Å². The van der Waals surface area contributed by atoms with Crippen LogP contribution in [0.1, 0.15) is 29.0 Å². The maximum absolute atomic E-state index is 13.8. The fourth-order valence-electron chi connectivity index (χ4n) is 3.96. The Morgan fingerprint density at radius 2 is 1.81 bits per heavy atom. The summed E-state index contributed by atoms with van der Waals surface area (Å²) in [7, 11) is 0. The van der Waals surface area contributed by atoms with Crippen molar-refractivity contribution in [2.45, 2.75) is 32.1 Å². The Hall–Kier alpha value is -2.60. The number of para-hydroxylation sites is 1. The molecule has 0 saturated heterocycles. The van der Waals surface area contributed by atoms with Crippen molar-refractivity contribution in [2.75, 3.05) is 0 Å². The molecule has 4 rings (SSSR count). The minimum Gasteiger partial charge on any atom is -0.481 e. The Labute approximate surface area is 159 Å². The van der Waals surface area contributed by atoms with Crippen LogP contribution in [0, 0.1) is 11.2 Å². The number of aliphatic carboxylic acids is 1. The summed E-state index contributed by atoms with van der Waals surface area (Å²) in [5.74, 6) is -1.38. The van der Waals surface area contributed by atoms with Crippen LogP contribution in [0.4, 0.5) is 4.39 Å². The van der Waals surface area contributed by atoms with Crippen LogP contribution in [-0.4, -0.2) is 21.8 Å².